The fourth-order valence-corrected chi connectivity index (χ4v) is 7.80. The molecular weight excluding hydrogens is 422 g/mol. The molecule has 0 aromatic carbocycles. The van der Waals surface area contributed by atoms with Gasteiger partial charge in [-0.25, -0.2) is 0 Å². The van der Waals surface area contributed by atoms with Crippen LogP contribution in [-0.4, -0.2) is 39.2 Å². The van der Waals surface area contributed by atoms with Gasteiger partial charge in [0, 0.05) is 11.3 Å². The van der Waals surface area contributed by atoms with Crippen LogP contribution in [0.4, 0.5) is 0 Å². The second kappa shape index (κ2) is 9.74. The second-order valence-electron chi connectivity index (χ2n) is 12.8. The summed E-state index contributed by atoms with van der Waals surface area (Å²) in [6.45, 7) is 12.8. The van der Waals surface area contributed by atoms with Gasteiger partial charge in [-0.05, 0) is 80.0 Å². The highest BCUT2D eigenvalue weighted by molar-refractivity contribution is 6.20. The van der Waals surface area contributed by atoms with Crippen LogP contribution in [0.25, 0.3) is 0 Å². The Bertz CT molecular complexity index is 667. The molecule has 4 nitrogen and oxygen atoms in total. The summed E-state index contributed by atoms with van der Waals surface area (Å²) < 4.78 is 0. The zero-order valence-corrected chi connectivity index (χ0v) is 22.0. The molecule has 3 fully saturated rings. The molecule has 0 heterocycles. The topological polar surface area (TPSA) is 69.6 Å². The van der Waals surface area contributed by atoms with Crippen LogP contribution in [0.15, 0.2) is 0 Å². The predicted molar refractivity (Wildman–Crippen MR) is 132 cm³/mol. The summed E-state index contributed by atoms with van der Waals surface area (Å²) in [6, 6.07) is -0.276. The average molecular weight is 470 g/mol. The van der Waals surface area contributed by atoms with Crippen molar-refractivity contribution >= 4 is 17.5 Å². The van der Waals surface area contributed by atoms with Gasteiger partial charge in [-0.3, -0.25) is 4.79 Å². The molecule has 0 aromatic rings. The summed E-state index contributed by atoms with van der Waals surface area (Å²) in [6.07, 6.45) is 8.77. The first-order valence-electron chi connectivity index (χ1n) is 13.2. The summed E-state index contributed by atoms with van der Waals surface area (Å²) in [5, 5.41) is 26.9. The van der Waals surface area contributed by atoms with E-state index in [4.69, 9.17) is 11.6 Å². The predicted octanol–water partition coefficient (Wildman–Crippen LogP) is 5.67. The fraction of sp³-hybridized carbons (Fsp3) is 0.963. The van der Waals surface area contributed by atoms with Crippen molar-refractivity contribution < 1.29 is 15.0 Å². The third-order valence-electron chi connectivity index (χ3n) is 9.67. The monoisotopic (exact) mass is 469 g/mol. The molecule has 0 aliphatic heterocycles. The van der Waals surface area contributed by atoms with E-state index in [1.54, 1.807) is 0 Å². The van der Waals surface area contributed by atoms with E-state index < -0.39 is 11.7 Å². The molecule has 32 heavy (non-hydrogen) atoms. The van der Waals surface area contributed by atoms with Crippen molar-refractivity contribution in [3.63, 3.8) is 0 Å². The van der Waals surface area contributed by atoms with Crippen molar-refractivity contribution in [3.05, 3.63) is 0 Å². The first-order valence-corrected chi connectivity index (χ1v) is 13.6. The Hall–Kier alpha value is -0.320. The summed E-state index contributed by atoms with van der Waals surface area (Å²) in [4.78, 5) is 13.2. The van der Waals surface area contributed by atoms with Gasteiger partial charge in [0.15, 0.2) is 0 Å². The molecular formula is C27H48ClNO3. The van der Waals surface area contributed by atoms with Crippen LogP contribution in [0, 0.1) is 34.5 Å². The number of halogens is 1. The fourth-order valence-electron chi connectivity index (χ4n) is 7.46. The van der Waals surface area contributed by atoms with Crippen molar-refractivity contribution in [1.82, 2.24) is 5.32 Å². The molecule has 186 valence electrons. The van der Waals surface area contributed by atoms with E-state index in [1.165, 1.54) is 6.42 Å². The lowest BCUT2D eigenvalue weighted by Crippen LogP contribution is -2.61. The lowest BCUT2D eigenvalue weighted by Gasteiger charge is -2.57. The first kappa shape index (κ1) is 26.3. The molecule has 0 bridgehead atoms. The number of nitrogens with one attached hydrogen (secondary N) is 1. The van der Waals surface area contributed by atoms with Gasteiger partial charge in [0.1, 0.15) is 0 Å². The molecule has 3 N–H and O–H groups in total. The molecule has 0 aromatic heterocycles. The van der Waals surface area contributed by atoms with Crippen molar-refractivity contribution in [3.8, 4) is 0 Å². The number of amides is 1. The Kier molecular flexibility index (Phi) is 8.00. The molecule has 3 aliphatic carbocycles. The standard InChI is InChI=1S/C27H48ClNO3/c1-17(2)22(29-24(31)21-10-8-7-9-18(21)3)23(30)26(6)13-14-27(32,25(4,5)16-26)19-11-12-20(28)15-19/h17-23,30,32H,7-16H2,1-6H3,(H,29,31)/t18?,19?,20?,21?,22-,23?,26?,27?/m1/s1. The first-order chi connectivity index (χ1) is 14.8. The summed E-state index contributed by atoms with van der Waals surface area (Å²) >= 11 is 6.40. The summed E-state index contributed by atoms with van der Waals surface area (Å²) in [5.74, 6) is 0.952. The Balaban J connectivity index is 1.74. The highest BCUT2D eigenvalue weighted by Gasteiger charge is 2.58. The minimum Gasteiger partial charge on any atom is -0.390 e. The van der Waals surface area contributed by atoms with Gasteiger partial charge in [0.05, 0.1) is 17.7 Å². The normalized spacial score (nSPS) is 41.9. The van der Waals surface area contributed by atoms with Gasteiger partial charge in [0.2, 0.25) is 5.91 Å². The molecule has 0 saturated heterocycles. The van der Waals surface area contributed by atoms with Crippen LogP contribution >= 0.6 is 11.6 Å². The van der Waals surface area contributed by atoms with E-state index in [9.17, 15) is 15.0 Å². The van der Waals surface area contributed by atoms with E-state index in [-0.39, 0.29) is 45.9 Å². The minimum atomic E-state index is -0.746. The molecule has 3 saturated carbocycles. The summed E-state index contributed by atoms with van der Waals surface area (Å²) in [7, 11) is 0. The molecule has 0 spiro atoms. The molecule has 8 atom stereocenters. The number of carbonyl (C=O) groups excluding carboxylic acids is 1. The molecule has 1 amide bonds. The van der Waals surface area contributed by atoms with Crippen LogP contribution < -0.4 is 5.32 Å². The van der Waals surface area contributed by atoms with Crippen molar-refractivity contribution in [1.29, 1.82) is 0 Å². The molecule has 0 radical (unpaired) electrons. The van der Waals surface area contributed by atoms with E-state index in [2.05, 4.69) is 46.9 Å². The van der Waals surface area contributed by atoms with Crippen molar-refractivity contribution in [2.45, 2.75) is 129 Å². The van der Waals surface area contributed by atoms with E-state index in [0.29, 0.717) is 12.3 Å². The van der Waals surface area contributed by atoms with Gasteiger partial charge < -0.3 is 15.5 Å². The molecule has 3 rings (SSSR count). The number of hydrogen-bond donors (Lipinski definition) is 3. The number of hydrogen-bond acceptors (Lipinski definition) is 3. The number of aliphatic hydroxyl groups excluding tert-OH is 1. The Morgan fingerprint density at radius 1 is 1.06 bits per heavy atom. The Morgan fingerprint density at radius 2 is 1.72 bits per heavy atom. The smallest absolute Gasteiger partial charge is 0.223 e. The number of rotatable bonds is 6. The van der Waals surface area contributed by atoms with Gasteiger partial charge in [-0.2, -0.15) is 0 Å². The van der Waals surface area contributed by atoms with Gasteiger partial charge in [-0.15, -0.1) is 11.6 Å². The van der Waals surface area contributed by atoms with Gasteiger partial charge >= 0.3 is 0 Å². The zero-order chi connectivity index (χ0) is 23.9. The minimum absolute atomic E-state index is 0.0590. The molecule has 5 heteroatoms. The van der Waals surface area contributed by atoms with Crippen LogP contribution in [-0.2, 0) is 4.79 Å². The third kappa shape index (κ3) is 5.03. The van der Waals surface area contributed by atoms with Crippen LogP contribution in [0.5, 0.6) is 0 Å². The van der Waals surface area contributed by atoms with Gasteiger partial charge in [-0.1, -0.05) is 54.4 Å². The molecule has 3 aliphatic rings. The number of aliphatic hydroxyl groups is 2. The maximum Gasteiger partial charge on any atom is 0.223 e. The Morgan fingerprint density at radius 3 is 2.25 bits per heavy atom. The third-order valence-corrected chi connectivity index (χ3v) is 10.1. The van der Waals surface area contributed by atoms with Crippen LogP contribution in [0.3, 0.4) is 0 Å². The largest absolute Gasteiger partial charge is 0.390 e. The molecule has 7 unspecified atom stereocenters. The van der Waals surface area contributed by atoms with Crippen molar-refractivity contribution in [2.75, 3.05) is 0 Å². The highest BCUT2D eigenvalue weighted by atomic mass is 35.5. The summed E-state index contributed by atoms with van der Waals surface area (Å²) in [5.41, 5.74) is -1.42. The highest BCUT2D eigenvalue weighted by Crippen LogP contribution is 2.58. The quantitative estimate of drug-likeness (QED) is 0.439. The lowest BCUT2D eigenvalue weighted by molar-refractivity contribution is -0.183. The lowest BCUT2D eigenvalue weighted by atomic mass is 9.51. The van der Waals surface area contributed by atoms with E-state index in [1.807, 2.05) is 0 Å². The van der Waals surface area contributed by atoms with E-state index in [0.717, 1.165) is 51.4 Å². The number of carbonyl (C=O) groups is 1. The van der Waals surface area contributed by atoms with Gasteiger partial charge in [0.25, 0.3) is 0 Å². The van der Waals surface area contributed by atoms with Crippen LogP contribution in [0.2, 0.25) is 0 Å². The number of alkyl halides is 1. The SMILES string of the molecule is CC1CCCCC1C(=O)N[C@H](C(C)C)C(O)C1(C)CCC(O)(C2CCC(Cl)C2)C(C)(C)C1. The van der Waals surface area contributed by atoms with Crippen LogP contribution in [0.1, 0.15) is 106 Å². The maximum atomic E-state index is 13.2. The van der Waals surface area contributed by atoms with Crippen molar-refractivity contribution in [2.24, 2.45) is 34.5 Å². The second-order valence-corrected chi connectivity index (χ2v) is 13.5. The van der Waals surface area contributed by atoms with E-state index >= 15 is 0 Å². The zero-order valence-electron chi connectivity index (χ0n) is 21.3. The Labute approximate surface area is 201 Å². The average Bonchev–Trinajstić information content (AvgIpc) is 3.15. The maximum absolute atomic E-state index is 13.2.